The van der Waals surface area contributed by atoms with Crippen LogP contribution in [0.4, 0.5) is 5.82 Å². The van der Waals surface area contributed by atoms with E-state index in [-0.39, 0.29) is 11.9 Å². The lowest BCUT2D eigenvalue weighted by molar-refractivity contribution is 0.102. The molecule has 1 amide bonds. The number of rotatable bonds is 4. The molecule has 2 aromatic heterocycles. The summed E-state index contributed by atoms with van der Waals surface area (Å²) in [6.45, 7) is 1.93. The number of hydrogen-bond acceptors (Lipinski definition) is 3. The fourth-order valence-electron chi connectivity index (χ4n) is 2.27. The van der Waals surface area contributed by atoms with E-state index in [1.165, 1.54) is 12.5 Å². The van der Waals surface area contributed by atoms with Gasteiger partial charge in [-0.2, -0.15) is 5.10 Å². The molecule has 0 saturated heterocycles. The fourth-order valence-corrected chi connectivity index (χ4v) is 2.73. The highest BCUT2D eigenvalue weighted by molar-refractivity contribution is 6.33. The van der Waals surface area contributed by atoms with Gasteiger partial charge in [0.2, 0.25) is 0 Å². The van der Waals surface area contributed by atoms with E-state index in [4.69, 9.17) is 27.6 Å². The van der Waals surface area contributed by atoms with E-state index in [1.807, 2.05) is 6.92 Å². The van der Waals surface area contributed by atoms with Crippen LogP contribution in [0.15, 0.2) is 53.5 Å². The molecule has 23 heavy (non-hydrogen) atoms. The molecule has 0 aliphatic heterocycles. The predicted octanol–water partition coefficient (Wildman–Crippen LogP) is 4.64. The summed E-state index contributed by atoms with van der Waals surface area (Å²) in [5, 5.41) is 8.26. The van der Waals surface area contributed by atoms with Gasteiger partial charge in [-0.15, -0.1) is 0 Å². The molecule has 0 fully saturated rings. The lowest BCUT2D eigenvalue weighted by Gasteiger charge is -2.18. The molecular formula is C16H13Cl2N3O2. The lowest BCUT2D eigenvalue weighted by atomic mass is 10.1. The van der Waals surface area contributed by atoms with Crippen LogP contribution in [0, 0.1) is 0 Å². The molecule has 0 radical (unpaired) electrons. The molecule has 0 aliphatic rings. The van der Waals surface area contributed by atoms with Gasteiger partial charge in [-0.05, 0) is 36.8 Å². The number of carbonyl (C=O) groups is 1. The smallest absolute Gasteiger partial charge is 0.260 e. The van der Waals surface area contributed by atoms with Gasteiger partial charge in [-0.1, -0.05) is 23.2 Å². The largest absolute Gasteiger partial charge is 0.472 e. The quantitative estimate of drug-likeness (QED) is 0.745. The number of carbonyl (C=O) groups excluding carboxylic acids is 1. The Bertz CT molecular complexity index is 828. The minimum absolute atomic E-state index is 0.198. The number of nitrogens with zero attached hydrogens (tertiary/aromatic N) is 2. The molecule has 7 heteroatoms. The normalized spacial score (nSPS) is 12.1. The second kappa shape index (κ2) is 6.48. The average molecular weight is 350 g/mol. The molecule has 1 N–H and O–H groups in total. The first kappa shape index (κ1) is 15.6. The number of aromatic nitrogens is 2. The number of nitrogens with one attached hydrogen (secondary N) is 1. The highest BCUT2D eigenvalue weighted by atomic mass is 35.5. The molecule has 1 aromatic carbocycles. The highest BCUT2D eigenvalue weighted by Crippen LogP contribution is 2.30. The van der Waals surface area contributed by atoms with E-state index < -0.39 is 0 Å². The third-order valence-electron chi connectivity index (χ3n) is 3.47. The van der Waals surface area contributed by atoms with E-state index in [9.17, 15) is 4.79 Å². The Hall–Kier alpha value is -2.24. The molecule has 5 nitrogen and oxygen atoms in total. The molecule has 1 atom stereocenters. The number of anilines is 1. The van der Waals surface area contributed by atoms with Crippen molar-refractivity contribution in [2.24, 2.45) is 0 Å². The molecular weight excluding hydrogens is 337 g/mol. The van der Waals surface area contributed by atoms with Crippen LogP contribution in [-0.2, 0) is 0 Å². The van der Waals surface area contributed by atoms with Crippen LogP contribution in [0.3, 0.4) is 0 Å². The summed E-state index contributed by atoms with van der Waals surface area (Å²) < 4.78 is 6.59. The number of halogens is 2. The third-order valence-corrected chi connectivity index (χ3v) is 4.05. The van der Waals surface area contributed by atoms with E-state index >= 15 is 0 Å². The lowest BCUT2D eigenvalue weighted by Crippen LogP contribution is -2.18. The zero-order valence-corrected chi connectivity index (χ0v) is 13.7. The number of amides is 1. The number of furan rings is 1. The van der Waals surface area contributed by atoms with E-state index in [1.54, 1.807) is 41.2 Å². The van der Waals surface area contributed by atoms with Crippen LogP contribution in [0.1, 0.15) is 28.9 Å². The van der Waals surface area contributed by atoms with Crippen LogP contribution < -0.4 is 5.32 Å². The average Bonchev–Trinajstić information content (AvgIpc) is 3.20. The maximum Gasteiger partial charge on any atom is 0.260 e. The van der Waals surface area contributed by atoms with Gasteiger partial charge in [0.25, 0.3) is 5.91 Å². The van der Waals surface area contributed by atoms with Gasteiger partial charge in [0.05, 0.1) is 24.1 Å². The van der Waals surface area contributed by atoms with Gasteiger partial charge in [0.1, 0.15) is 12.1 Å². The maximum absolute atomic E-state index is 12.1. The molecule has 0 saturated carbocycles. The van der Waals surface area contributed by atoms with E-state index in [0.29, 0.717) is 21.4 Å². The molecule has 0 spiro atoms. The number of hydrogen-bond donors (Lipinski definition) is 1. The van der Waals surface area contributed by atoms with Crippen LogP contribution in [-0.4, -0.2) is 15.7 Å². The van der Waals surface area contributed by atoms with Crippen LogP contribution in [0.2, 0.25) is 10.0 Å². The monoisotopic (exact) mass is 349 g/mol. The van der Waals surface area contributed by atoms with Gasteiger partial charge in [-0.25, -0.2) is 4.68 Å². The SMILES string of the molecule is C[C@@H](c1cc(Cl)ccc1Cl)n1nccc1NC(=O)c1ccoc1. The fraction of sp³-hybridized carbons (Fsp3) is 0.125. The Morgan fingerprint density at radius 2 is 2.13 bits per heavy atom. The molecule has 2 heterocycles. The van der Waals surface area contributed by atoms with Crippen molar-refractivity contribution in [3.05, 3.63) is 70.2 Å². The Labute approximate surface area is 142 Å². The van der Waals surface area contributed by atoms with Gasteiger partial charge < -0.3 is 9.73 Å². The van der Waals surface area contributed by atoms with Crippen LogP contribution >= 0.6 is 23.2 Å². The maximum atomic E-state index is 12.1. The van der Waals surface area contributed by atoms with Crippen molar-refractivity contribution in [2.75, 3.05) is 5.32 Å². The highest BCUT2D eigenvalue weighted by Gasteiger charge is 2.18. The van der Waals surface area contributed by atoms with Gasteiger partial charge in [0, 0.05) is 16.1 Å². The second-order valence-electron chi connectivity index (χ2n) is 4.97. The van der Waals surface area contributed by atoms with Crippen molar-refractivity contribution in [1.29, 1.82) is 0 Å². The zero-order chi connectivity index (χ0) is 16.4. The van der Waals surface area contributed by atoms with Crippen LogP contribution in [0.25, 0.3) is 0 Å². The second-order valence-corrected chi connectivity index (χ2v) is 5.81. The third kappa shape index (κ3) is 3.25. The summed E-state index contributed by atoms with van der Waals surface area (Å²) in [4.78, 5) is 12.1. The Balaban J connectivity index is 1.88. The standard InChI is InChI=1S/C16H13Cl2N3O2/c1-10(13-8-12(17)2-3-14(13)18)21-15(4-6-19-21)20-16(22)11-5-7-23-9-11/h2-10H,1H3,(H,20,22)/t10-/m0/s1. The minimum atomic E-state index is -0.273. The summed E-state index contributed by atoms with van der Waals surface area (Å²) in [6.07, 6.45) is 4.44. The first-order valence-corrected chi connectivity index (χ1v) is 7.64. The Morgan fingerprint density at radius 3 is 2.87 bits per heavy atom. The van der Waals surface area contributed by atoms with Crippen molar-refractivity contribution < 1.29 is 9.21 Å². The molecule has 0 aliphatic carbocycles. The molecule has 3 rings (SSSR count). The first-order valence-electron chi connectivity index (χ1n) is 6.88. The van der Waals surface area contributed by atoms with Crippen molar-refractivity contribution in [3.63, 3.8) is 0 Å². The number of benzene rings is 1. The molecule has 0 bridgehead atoms. The van der Waals surface area contributed by atoms with Crippen molar-refractivity contribution in [1.82, 2.24) is 9.78 Å². The molecule has 3 aromatic rings. The summed E-state index contributed by atoms with van der Waals surface area (Å²) in [7, 11) is 0. The van der Waals surface area contributed by atoms with Crippen molar-refractivity contribution in [3.8, 4) is 0 Å². The van der Waals surface area contributed by atoms with E-state index in [2.05, 4.69) is 10.4 Å². The predicted molar refractivity (Wildman–Crippen MR) is 89.2 cm³/mol. The van der Waals surface area contributed by atoms with Gasteiger partial charge in [0.15, 0.2) is 0 Å². The van der Waals surface area contributed by atoms with Gasteiger partial charge in [-0.3, -0.25) is 4.79 Å². The Morgan fingerprint density at radius 1 is 1.30 bits per heavy atom. The van der Waals surface area contributed by atoms with Crippen LogP contribution in [0.5, 0.6) is 0 Å². The molecule has 118 valence electrons. The zero-order valence-electron chi connectivity index (χ0n) is 12.2. The van der Waals surface area contributed by atoms with Crippen molar-refractivity contribution >= 4 is 34.9 Å². The van der Waals surface area contributed by atoms with Crippen molar-refractivity contribution in [2.45, 2.75) is 13.0 Å². The minimum Gasteiger partial charge on any atom is -0.472 e. The van der Waals surface area contributed by atoms with Gasteiger partial charge >= 0.3 is 0 Å². The topological polar surface area (TPSA) is 60.1 Å². The first-order chi connectivity index (χ1) is 11.1. The molecule has 0 unspecified atom stereocenters. The van der Waals surface area contributed by atoms with E-state index in [0.717, 1.165) is 5.56 Å². The summed E-state index contributed by atoms with van der Waals surface area (Å²) in [6, 6.07) is 8.36. The summed E-state index contributed by atoms with van der Waals surface area (Å²) >= 11 is 12.3. The summed E-state index contributed by atoms with van der Waals surface area (Å²) in [5.74, 6) is 0.282. The summed E-state index contributed by atoms with van der Waals surface area (Å²) in [5.41, 5.74) is 1.26. The Kier molecular flexibility index (Phi) is 4.41.